The van der Waals surface area contributed by atoms with Gasteiger partial charge in [-0.15, -0.1) is 0 Å². The minimum atomic E-state index is 0.100. The van der Waals surface area contributed by atoms with Crippen LogP contribution in [-0.4, -0.2) is 11.7 Å². The molecule has 0 heterocycles. The third-order valence-corrected chi connectivity index (χ3v) is 2.88. The number of aliphatic hydroxyl groups excluding tert-OH is 1. The van der Waals surface area contributed by atoms with Crippen molar-refractivity contribution in [2.24, 2.45) is 0 Å². The highest BCUT2D eigenvalue weighted by Crippen LogP contribution is 2.18. The van der Waals surface area contributed by atoms with E-state index >= 15 is 0 Å². The van der Waals surface area contributed by atoms with E-state index in [1.54, 1.807) is 0 Å². The normalized spacial score (nSPS) is 9.70. The fourth-order valence-electron chi connectivity index (χ4n) is 1.84. The molecule has 0 atom stereocenters. The molecule has 0 saturated carbocycles. The second kappa shape index (κ2) is 7.37. The first-order valence-corrected chi connectivity index (χ1v) is 6.66. The molecule has 0 saturated heterocycles. The number of hydrogen-bond acceptors (Lipinski definition) is 2. The molecule has 20 heavy (non-hydrogen) atoms. The molecule has 0 amide bonds. The van der Waals surface area contributed by atoms with E-state index in [0.717, 1.165) is 22.4 Å². The summed E-state index contributed by atoms with van der Waals surface area (Å²) >= 11 is 0. The highest BCUT2D eigenvalue weighted by atomic mass is 16.5. The monoisotopic (exact) mass is 266 g/mol. The first-order chi connectivity index (χ1) is 9.79. The molecule has 2 heteroatoms. The molecule has 0 aliphatic rings. The first kappa shape index (κ1) is 14.2. The van der Waals surface area contributed by atoms with Crippen LogP contribution in [0.2, 0.25) is 0 Å². The van der Waals surface area contributed by atoms with Crippen LogP contribution in [0.25, 0.3) is 0 Å². The highest BCUT2D eigenvalue weighted by Gasteiger charge is 1.99. The predicted octanol–water partition coefficient (Wildman–Crippen LogP) is 3.31. The Bertz CT molecular complexity index is 621. The summed E-state index contributed by atoms with van der Waals surface area (Å²) in [4.78, 5) is 0. The molecule has 0 radical (unpaired) electrons. The number of rotatable bonds is 4. The summed E-state index contributed by atoms with van der Waals surface area (Å²) in [5.41, 5.74) is 3.17. The zero-order valence-corrected chi connectivity index (χ0v) is 11.6. The van der Waals surface area contributed by atoms with Gasteiger partial charge in [0.05, 0.1) is 6.61 Å². The van der Waals surface area contributed by atoms with Gasteiger partial charge in [0.1, 0.15) is 12.4 Å². The van der Waals surface area contributed by atoms with Crippen LogP contribution in [0.1, 0.15) is 23.1 Å². The van der Waals surface area contributed by atoms with Crippen molar-refractivity contribution in [2.75, 3.05) is 6.61 Å². The fraction of sp³-hybridized carbons (Fsp3) is 0.222. The van der Waals surface area contributed by atoms with Crippen molar-refractivity contribution >= 4 is 0 Å². The number of para-hydroxylation sites is 1. The lowest BCUT2D eigenvalue weighted by Crippen LogP contribution is -1.97. The van der Waals surface area contributed by atoms with Crippen molar-refractivity contribution in [1.29, 1.82) is 0 Å². The summed E-state index contributed by atoms with van der Waals surface area (Å²) < 4.78 is 5.82. The van der Waals surface area contributed by atoms with Crippen molar-refractivity contribution < 1.29 is 9.84 Å². The minimum absolute atomic E-state index is 0.100. The van der Waals surface area contributed by atoms with Crippen LogP contribution in [-0.2, 0) is 6.61 Å². The molecule has 0 unspecified atom stereocenters. The van der Waals surface area contributed by atoms with Gasteiger partial charge in [0.15, 0.2) is 0 Å². The van der Waals surface area contributed by atoms with Gasteiger partial charge in [-0.25, -0.2) is 0 Å². The molecule has 2 rings (SSSR count). The average molecular weight is 266 g/mol. The van der Waals surface area contributed by atoms with Crippen LogP contribution < -0.4 is 4.74 Å². The van der Waals surface area contributed by atoms with Crippen LogP contribution in [0.15, 0.2) is 48.5 Å². The van der Waals surface area contributed by atoms with E-state index in [0.29, 0.717) is 13.0 Å². The van der Waals surface area contributed by atoms with Crippen LogP contribution in [0.3, 0.4) is 0 Å². The van der Waals surface area contributed by atoms with E-state index in [2.05, 4.69) is 11.8 Å². The Hall–Kier alpha value is -2.24. The lowest BCUT2D eigenvalue weighted by atomic mass is 10.1. The van der Waals surface area contributed by atoms with E-state index in [1.807, 2.05) is 55.5 Å². The van der Waals surface area contributed by atoms with Crippen molar-refractivity contribution in [2.45, 2.75) is 20.0 Å². The molecule has 0 fully saturated rings. The van der Waals surface area contributed by atoms with Crippen LogP contribution in [0.4, 0.5) is 0 Å². The second-order valence-corrected chi connectivity index (χ2v) is 4.53. The van der Waals surface area contributed by atoms with E-state index in [9.17, 15) is 0 Å². The number of aliphatic hydroxyl groups is 1. The average Bonchev–Trinajstić information content (AvgIpc) is 2.47. The molecule has 1 N–H and O–H groups in total. The standard InChI is InChI=1S/C18H18O2/c1-15-7-2-3-11-18(15)20-14-17-10-6-9-16(13-17)8-4-5-12-19/h2-3,6-7,9-11,13,19H,5,12,14H2,1H3. The van der Waals surface area contributed by atoms with E-state index in [-0.39, 0.29) is 6.61 Å². The third-order valence-electron chi connectivity index (χ3n) is 2.88. The zero-order chi connectivity index (χ0) is 14.2. The largest absolute Gasteiger partial charge is 0.489 e. The van der Waals surface area contributed by atoms with Crippen LogP contribution in [0, 0.1) is 18.8 Å². The van der Waals surface area contributed by atoms with Gasteiger partial charge < -0.3 is 9.84 Å². The summed E-state index contributed by atoms with van der Waals surface area (Å²) in [7, 11) is 0. The molecule has 0 spiro atoms. The second-order valence-electron chi connectivity index (χ2n) is 4.53. The van der Waals surface area contributed by atoms with Gasteiger partial charge in [-0.2, -0.15) is 0 Å². The highest BCUT2D eigenvalue weighted by molar-refractivity contribution is 5.37. The Kier molecular flexibility index (Phi) is 5.23. The van der Waals surface area contributed by atoms with Gasteiger partial charge in [0.25, 0.3) is 0 Å². The summed E-state index contributed by atoms with van der Waals surface area (Å²) in [6.45, 7) is 2.66. The topological polar surface area (TPSA) is 29.5 Å². The molecular weight excluding hydrogens is 248 g/mol. The first-order valence-electron chi connectivity index (χ1n) is 6.66. The van der Waals surface area contributed by atoms with Crippen molar-refractivity contribution in [3.8, 4) is 17.6 Å². The summed E-state index contributed by atoms with van der Waals surface area (Å²) in [5.74, 6) is 6.86. The molecule has 0 bridgehead atoms. The maximum Gasteiger partial charge on any atom is 0.122 e. The molecular formula is C18H18O2. The Morgan fingerprint density at radius 1 is 1.10 bits per heavy atom. The Balaban J connectivity index is 2.02. The Morgan fingerprint density at radius 2 is 1.95 bits per heavy atom. The number of benzene rings is 2. The smallest absolute Gasteiger partial charge is 0.122 e. The van der Waals surface area contributed by atoms with Gasteiger partial charge in [0.2, 0.25) is 0 Å². The predicted molar refractivity (Wildman–Crippen MR) is 80.5 cm³/mol. The van der Waals surface area contributed by atoms with E-state index in [4.69, 9.17) is 9.84 Å². The van der Waals surface area contributed by atoms with Crippen LogP contribution in [0.5, 0.6) is 5.75 Å². The van der Waals surface area contributed by atoms with Crippen molar-refractivity contribution in [3.05, 3.63) is 65.2 Å². The minimum Gasteiger partial charge on any atom is -0.489 e. The summed E-state index contributed by atoms with van der Waals surface area (Å²) in [6, 6.07) is 15.9. The van der Waals surface area contributed by atoms with E-state index in [1.165, 1.54) is 0 Å². The van der Waals surface area contributed by atoms with Gasteiger partial charge in [-0.1, -0.05) is 42.2 Å². The van der Waals surface area contributed by atoms with Gasteiger partial charge in [0, 0.05) is 12.0 Å². The van der Waals surface area contributed by atoms with Gasteiger partial charge in [-0.05, 0) is 36.2 Å². The van der Waals surface area contributed by atoms with Crippen LogP contribution >= 0.6 is 0 Å². The fourth-order valence-corrected chi connectivity index (χ4v) is 1.84. The zero-order valence-electron chi connectivity index (χ0n) is 11.6. The Morgan fingerprint density at radius 3 is 2.75 bits per heavy atom. The summed E-state index contributed by atoms with van der Waals surface area (Å²) in [6.07, 6.45) is 0.504. The molecule has 0 aliphatic heterocycles. The van der Waals surface area contributed by atoms with Gasteiger partial charge in [-0.3, -0.25) is 0 Å². The summed E-state index contributed by atoms with van der Waals surface area (Å²) in [5, 5.41) is 8.71. The number of hydrogen-bond donors (Lipinski definition) is 1. The van der Waals surface area contributed by atoms with E-state index < -0.39 is 0 Å². The lowest BCUT2D eigenvalue weighted by Gasteiger charge is -2.09. The third kappa shape index (κ3) is 4.15. The molecule has 2 aromatic rings. The van der Waals surface area contributed by atoms with Crippen molar-refractivity contribution in [3.63, 3.8) is 0 Å². The number of ether oxygens (including phenoxy) is 1. The lowest BCUT2D eigenvalue weighted by molar-refractivity contribution is 0.304. The number of aryl methyl sites for hydroxylation is 1. The molecule has 102 valence electrons. The molecule has 0 aliphatic carbocycles. The SMILES string of the molecule is Cc1ccccc1OCc1cccc(C#CCCO)c1. The quantitative estimate of drug-likeness (QED) is 0.860. The van der Waals surface area contributed by atoms with Crippen molar-refractivity contribution in [1.82, 2.24) is 0 Å². The maximum atomic E-state index is 8.71. The molecule has 0 aromatic heterocycles. The molecule has 2 nitrogen and oxygen atoms in total. The Labute approximate surface area is 120 Å². The molecule has 2 aromatic carbocycles. The van der Waals surface area contributed by atoms with Gasteiger partial charge >= 0.3 is 0 Å². The maximum absolute atomic E-state index is 8.71.